The highest BCUT2D eigenvalue weighted by Gasteiger charge is 2.23. The number of hydrogen-bond acceptors (Lipinski definition) is 35. The van der Waals surface area contributed by atoms with E-state index in [1.807, 2.05) is 172 Å². The van der Waals surface area contributed by atoms with E-state index in [1.165, 1.54) is 36.9 Å². The molecule has 1 unspecified atom stereocenters. The Morgan fingerprint density at radius 1 is 0.390 bits per heavy atom. The number of ether oxygens (including phenoxy) is 4. The lowest BCUT2D eigenvalue weighted by atomic mass is 10.0. The number of nitrogen functional groups attached to an aromatic ring is 4. The van der Waals surface area contributed by atoms with Crippen LogP contribution in [-0.2, 0) is 6.54 Å². The summed E-state index contributed by atoms with van der Waals surface area (Å²) in [4.78, 5) is 56.8. The Hall–Kier alpha value is -16.1. The molecule has 0 saturated carbocycles. The number of nitrogens with zero attached hydrogens (tertiary/aromatic N) is 22. The smallest absolute Gasteiger partial charge is 0.249 e. The van der Waals surface area contributed by atoms with Crippen LogP contribution in [0.5, 0.6) is 23.0 Å². The molecule has 1 atom stereocenters. The van der Waals surface area contributed by atoms with E-state index in [9.17, 15) is 0 Å². The summed E-state index contributed by atoms with van der Waals surface area (Å²) in [6.07, 6.45) is 6.14. The van der Waals surface area contributed by atoms with Crippen molar-refractivity contribution in [3.8, 4) is 46.3 Å². The average molecular weight is 1660 g/mol. The minimum Gasteiger partial charge on any atom is -0.497 e. The van der Waals surface area contributed by atoms with Gasteiger partial charge in [0.05, 0.1) is 45.5 Å². The van der Waals surface area contributed by atoms with Gasteiger partial charge in [-0.3, -0.25) is 4.90 Å². The van der Waals surface area contributed by atoms with Crippen molar-refractivity contribution in [2.75, 3.05) is 139 Å². The van der Waals surface area contributed by atoms with Crippen molar-refractivity contribution in [3.63, 3.8) is 0 Å². The van der Waals surface area contributed by atoms with E-state index in [-0.39, 0.29) is 23.8 Å². The van der Waals surface area contributed by atoms with Crippen molar-refractivity contribution in [1.82, 2.24) is 109 Å². The third-order valence-electron chi connectivity index (χ3n) is 19.0. The maximum Gasteiger partial charge on any atom is 0.249 e. The first-order valence-corrected chi connectivity index (χ1v) is 39.2. The van der Waals surface area contributed by atoms with E-state index in [2.05, 4.69) is 163 Å². The molecule has 2 saturated heterocycles. The Labute approximate surface area is 708 Å². The normalized spacial score (nSPS) is 13.0. The summed E-state index contributed by atoms with van der Waals surface area (Å²) in [7, 11) is 10.4. The number of benzene rings is 7. The number of piperidine rings is 1. The minimum atomic E-state index is 0.179. The summed E-state index contributed by atoms with van der Waals surface area (Å²) in [5.41, 5.74) is 31.7. The van der Waals surface area contributed by atoms with E-state index in [4.69, 9.17) is 41.9 Å². The molecule has 2 aliphatic heterocycles. The second-order valence-corrected chi connectivity index (χ2v) is 28.1. The van der Waals surface area contributed by atoms with Crippen LogP contribution in [0.4, 0.5) is 111 Å². The minimum absolute atomic E-state index is 0.179. The van der Waals surface area contributed by atoms with Crippen molar-refractivity contribution in [1.29, 1.82) is 0 Å². The van der Waals surface area contributed by atoms with Gasteiger partial charge in [-0.1, -0.05) is 97.1 Å². The van der Waals surface area contributed by atoms with Gasteiger partial charge in [0.1, 0.15) is 70.6 Å². The fourth-order valence-corrected chi connectivity index (χ4v) is 13.1. The summed E-state index contributed by atoms with van der Waals surface area (Å²) in [6, 6.07) is 66.4. The molecule has 17 N–H and O–H groups in total. The fourth-order valence-electron chi connectivity index (χ4n) is 13.1. The number of likely N-dealkylation sites (tertiary alicyclic amines) is 1. The van der Waals surface area contributed by atoms with E-state index in [0.29, 0.717) is 111 Å². The standard InChI is InChI=1S/C25H29N9O.C21H23N9.C21H22N8O2.C17H21N9O/c1-35-21-10-6-5-9-20(21)30-25-31-24(26)34(32-25)23-15-22(27-17-28-23)29-19-11-13-33(14-12-19)16-18-7-3-2-4-8-18;1-14-23-18(25-15-8-5-4-6-9-15)13-19(24-14)30-20(22)27-21(28-30)26-16-10-7-11-17(12-16)29(2)3;1-13-23-18(25-14-7-5-4-6-8-14)12-19(24-13)29-20(22)27-21(28-29)26-16-10-9-15(30-2)11-17(16)31-3;1-27-13-5-3-2-4-12(13)23-17-24-16(18)26(25-17)15-8-14(20-10-21-15)22-11-6-7-19-9-11/h2-10,15,17,19H,11-14,16H2,1H3,(H,27,28,29)(H3,26,30,31,32);4-13H,1-3H3,(H,23,24,25)(H3,22,26,27,28);4-12H,1-3H3,(H,23,24,25)(H3,22,26,27,28);2-5,8,10-11,19H,6-7,9H2,1H3,(H,20,21,22)(H3,18,23,24,25). The molecule has 8 aromatic heterocycles. The van der Waals surface area contributed by atoms with Gasteiger partial charge in [-0.2, -0.15) is 38.7 Å². The van der Waals surface area contributed by atoms with Gasteiger partial charge in [0.2, 0.25) is 47.6 Å². The van der Waals surface area contributed by atoms with E-state index in [0.717, 1.165) is 97.7 Å². The topological polar surface area (TPSA) is 482 Å². The second-order valence-electron chi connectivity index (χ2n) is 28.1. The van der Waals surface area contributed by atoms with Gasteiger partial charge in [-0.25, -0.2) is 39.9 Å². The Balaban J connectivity index is 0.000000134. The largest absolute Gasteiger partial charge is 0.497 e. The van der Waals surface area contributed by atoms with E-state index < -0.39 is 0 Å². The number of para-hydroxylation sites is 6. The molecule has 15 aromatic rings. The van der Waals surface area contributed by atoms with Crippen LogP contribution in [0.1, 0.15) is 36.5 Å². The molecule has 0 spiro atoms. The van der Waals surface area contributed by atoms with Gasteiger partial charge in [0.25, 0.3) is 0 Å². The van der Waals surface area contributed by atoms with Gasteiger partial charge < -0.3 is 94.6 Å². The summed E-state index contributed by atoms with van der Waals surface area (Å²) in [5.74, 6) is 10.9. The number of aromatic nitrogens is 20. The number of aryl methyl sites for hydroxylation is 2. The third-order valence-corrected chi connectivity index (χ3v) is 19.0. The van der Waals surface area contributed by atoms with Crippen molar-refractivity contribution < 1.29 is 18.9 Å². The Morgan fingerprint density at radius 3 is 1.28 bits per heavy atom. The van der Waals surface area contributed by atoms with Crippen LogP contribution in [0.25, 0.3) is 23.3 Å². The van der Waals surface area contributed by atoms with Crippen LogP contribution in [0.15, 0.2) is 219 Å². The van der Waals surface area contributed by atoms with Crippen molar-refractivity contribution in [3.05, 3.63) is 236 Å². The molecular formula is C84H95N35O4. The zero-order valence-electron chi connectivity index (χ0n) is 68.9. The van der Waals surface area contributed by atoms with Gasteiger partial charge >= 0.3 is 0 Å². The predicted molar refractivity (Wildman–Crippen MR) is 477 cm³/mol. The quantitative estimate of drug-likeness (QED) is 0.0227. The Kier molecular flexibility index (Phi) is 27.1. The molecule has 2 aliphatic rings. The molecule has 17 rings (SSSR count). The molecule has 0 bridgehead atoms. The zero-order valence-corrected chi connectivity index (χ0v) is 68.9. The SMILES string of the molecule is COc1ccc(Nc2nc(N)n(-c3cc(Nc4ccccc4)nc(C)n3)n2)c(OC)c1.COc1ccccc1Nc1nc(N)n(-c2cc(NC3CCN(Cc4ccccc4)CC3)ncn2)n1.COc1ccccc1Nc1nc(N)n(-c2cc(NC3CCNC3)ncn2)n1.Cc1nc(Nc2ccccc2)cc(-n2nc(Nc3cccc(N(C)C)c3)nc2N)n1. The number of rotatable bonds is 27. The highest BCUT2D eigenvalue weighted by atomic mass is 16.5. The number of nitrogens with two attached hydrogens (primary N) is 4. The molecule has 39 nitrogen and oxygen atoms in total. The molecule has 0 amide bonds. The first-order valence-electron chi connectivity index (χ1n) is 39.2. The van der Waals surface area contributed by atoms with Crippen LogP contribution in [-0.4, -0.2) is 185 Å². The molecule has 0 aliphatic carbocycles. The lowest BCUT2D eigenvalue weighted by molar-refractivity contribution is 0.211. The van der Waals surface area contributed by atoms with E-state index in [1.54, 1.807) is 65.7 Å². The average Bonchev–Trinajstić information content (AvgIpc) is 1.70. The zero-order chi connectivity index (χ0) is 85.6. The summed E-state index contributed by atoms with van der Waals surface area (Å²) < 4.78 is 27.2. The predicted octanol–water partition coefficient (Wildman–Crippen LogP) is 11.6. The monoisotopic (exact) mass is 1660 g/mol. The number of hydrogen-bond donors (Lipinski definition) is 13. The van der Waals surface area contributed by atoms with Crippen molar-refractivity contribution in [2.24, 2.45) is 0 Å². The molecule has 630 valence electrons. The van der Waals surface area contributed by atoms with E-state index >= 15 is 0 Å². The highest BCUT2D eigenvalue weighted by molar-refractivity contribution is 5.68. The summed E-state index contributed by atoms with van der Waals surface area (Å²) in [5, 5.41) is 47.1. The number of anilines is 19. The molecule has 123 heavy (non-hydrogen) atoms. The molecule has 7 aromatic carbocycles. The first kappa shape index (κ1) is 83.4. The van der Waals surface area contributed by atoms with Gasteiger partial charge in [-0.15, -0.1) is 20.4 Å². The maximum atomic E-state index is 6.14. The van der Waals surface area contributed by atoms with Gasteiger partial charge in [0, 0.05) is 105 Å². The first-order chi connectivity index (χ1) is 59.9. The second kappa shape index (κ2) is 39.9. The summed E-state index contributed by atoms with van der Waals surface area (Å²) in [6.45, 7) is 8.60. The molecule has 2 fully saturated rings. The molecule has 10 heterocycles. The van der Waals surface area contributed by atoms with Crippen LogP contribution in [0.3, 0.4) is 0 Å². The molecule has 0 radical (unpaired) electrons. The molecule has 39 heteroatoms. The van der Waals surface area contributed by atoms with Crippen LogP contribution >= 0.6 is 0 Å². The fraction of sp³-hybridized carbons (Fsp3) is 0.214. The number of methoxy groups -OCH3 is 4. The molecular weight excluding hydrogens is 1560 g/mol. The van der Waals surface area contributed by atoms with Crippen LogP contribution in [0.2, 0.25) is 0 Å². The Morgan fingerprint density at radius 2 is 0.821 bits per heavy atom. The highest BCUT2D eigenvalue weighted by Crippen LogP contribution is 2.34. The lowest BCUT2D eigenvalue weighted by Crippen LogP contribution is -2.38. The third kappa shape index (κ3) is 22.4. The summed E-state index contributed by atoms with van der Waals surface area (Å²) >= 11 is 0. The van der Waals surface area contributed by atoms with Crippen molar-refractivity contribution in [2.45, 2.75) is 51.7 Å². The number of nitrogens with one attached hydrogen (secondary N) is 9. The van der Waals surface area contributed by atoms with Crippen LogP contribution in [0, 0.1) is 13.8 Å². The maximum absolute atomic E-state index is 6.14. The Bertz CT molecular complexity index is 5960. The van der Waals surface area contributed by atoms with Gasteiger partial charge in [-0.05, 0) is 124 Å². The van der Waals surface area contributed by atoms with Crippen LogP contribution < -0.4 is 94.6 Å². The van der Waals surface area contributed by atoms with Gasteiger partial charge in [0.15, 0.2) is 23.3 Å². The van der Waals surface area contributed by atoms with Crippen molar-refractivity contribution >= 4 is 111 Å². The lowest BCUT2D eigenvalue weighted by Gasteiger charge is -2.32.